The number of ether oxygens (including phenoxy) is 1. The fourth-order valence-corrected chi connectivity index (χ4v) is 6.24. The molecule has 1 aromatic heterocycles. The van der Waals surface area contributed by atoms with E-state index in [2.05, 4.69) is 4.98 Å². The number of fused-ring (bicyclic) bond motifs is 1. The van der Waals surface area contributed by atoms with Crippen LogP contribution in [0, 0.1) is 6.92 Å². The molecule has 5 aromatic rings. The number of aryl methyl sites for hydroxylation is 2. The smallest absolute Gasteiger partial charge is 0.421 e. The minimum absolute atomic E-state index is 0.0394. The van der Waals surface area contributed by atoms with Crippen LogP contribution in [0.3, 0.4) is 0 Å². The zero-order chi connectivity index (χ0) is 32.9. The Morgan fingerprint density at radius 2 is 1.70 bits per heavy atom. The second kappa shape index (κ2) is 13.9. The van der Waals surface area contributed by atoms with Gasteiger partial charge in [-0.15, -0.1) is 0 Å². The third kappa shape index (κ3) is 8.40. The van der Waals surface area contributed by atoms with Crippen molar-refractivity contribution in [2.45, 2.75) is 50.2 Å². The Morgan fingerprint density at radius 3 is 2.46 bits per heavy atom. The summed E-state index contributed by atoms with van der Waals surface area (Å²) < 4.78 is 33.7. The number of amides is 1. The Labute approximate surface area is 274 Å². The van der Waals surface area contributed by atoms with Crippen LogP contribution in [-0.2, 0) is 26.8 Å². The van der Waals surface area contributed by atoms with Crippen molar-refractivity contribution in [3.63, 3.8) is 0 Å². The maximum Gasteiger partial charge on any atom is 0.421 e. The van der Waals surface area contributed by atoms with Gasteiger partial charge >= 0.3 is 6.09 Å². The maximum atomic E-state index is 13.1. The second-order valence-corrected chi connectivity index (χ2v) is 13.8. The molecule has 0 saturated heterocycles. The molecule has 9 heteroatoms. The monoisotopic (exact) mass is 654 g/mol. The number of halogens is 1. The molecule has 0 unspecified atom stereocenters. The highest BCUT2D eigenvalue weighted by molar-refractivity contribution is 7.90. The predicted octanol–water partition coefficient (Wildman–Crippen LogP) is 8.38. The van der Waals surface area contributed by atoms with Crippen molar-refractivity contribution in [3.8, 4) is 0 Å². The van der Waals surface area contributed by atoms with Gasteiger partial charge in [0.05, 0.1) is 21.7 Å². The number of aliphatic hydroxyl groups is 1. The lowest BCUT2D eigenvalue weighted by Gasteiger charge is -2.23. The van der Waals surface area contributed by atoms with Crippen LogP contribution in [0.15, 0.2) is 108 Å². The Bertz CT molecular complexity index is 2000. The van der Waals surface area contributed by atoms with Crippen LogP contribution in [0.5, 0.6) is 0 Å². The molecular formula is C37H35ClN2O5S. The highest BCUT2D eigenvalue weighted by Gasteiger charge is 2.25. The van der Waals surface area contributed by atoms with Crippen molar-refractivity contribution in [3.05, 3.63) is 142 Å². The highest BCUT2D eigenvalue weighted by atomic mass is 35.5. The van der Waals surface area contributed by atoms with E-state index in [9.17, 15) is 18.3 Å². The van der Waals surface area contributed by atoms with Crippen molar-refractivity contribution in [2.75, 3.05) is 0 Å². The summed E-state index contributed by atoms with van der Waals surface area (Å²) >= 11 is 6.15. The number of nitrogens with zero attached hydrogens (tertiary/aromatic N) is 1. The van der Waals surface area contributed by atoms with E-state index in [-0.39, 0.29) is 4.90 Å². The number of nitrogens with one attached hydrogen (secondary N) is 1. The molecule has 0 radical (unpaired) electrons. The number of sulfonamides is 1. The van der Waals surface area contributed by atoms with E-state index in [0.29, 0.717) is 23.4 Å². The van der Waals surface area contributed by atoms with E-state index < -0.39 is 27.8 Å². The van der Waals surface area contributed by atoms with E-state index in [0.717, 1.165) is 38.9 Å². The van der Waals surface area contributed by atoms with Gasteiger partial charge in [0.1, 0.15) is 6.10 Å². The number of hydrogen-bond donors (Lipinski definition) is 2. The Balaban J connectivity index is 1.40. The van der Waals surface area contributed by atoms with Crippen molar-refractivity contribution in [1.29, 1.82) is 0 Å². The van der Waals surface area contributed by atoms with Crippen molar-refractivity contribution in [1.82, 2.24) is 9.71 Å². The summed E-state index contributed by atoms with van der Waals surface area (Å²) in [6.07, 6.45) is 2.72. The molecule has 7 nitrogen and oxygen atoms in total. The van der Waals surface area contributed by atoms with E-state index >= 15 is 0 Å². The molecule has 46 heavy (non-hydrogen) atoms. The molecule has 0 saturated carbocycles. The third-order valence-corrected chi connectivity index (χ3v) is 9.12. The first-order chi connectivity index (χ1) is 21.9. The lowest BCUT2D eigenvalue weighted by Crippen LogP contribution is -2.32. The molecule has 1 heterocycles. The molecule has 0 spiro atoms. The van der Waals surface area contributed by atoms with Gasteiger partial charge in [0.2, 0.25) is 0 Å². The molecule has 0 aliphatic rings. The van der Waals surface area contributed by atoms with Gasteiger partial charge in [0.15, 0.2) is 0 Å². The Morgan fingerprint density at radius 1 is 0.957 bits per heavy atom. The summed E-state index contributed by atoms with van der Waals surface area (Å²) in [7, 11) is -4.15. The minimum atomic E-state index is -4.15. The fourth-order valence-electron chi connectivity index (χ4n) is 5.20. The molecular weight excluding hydrogens is 620 g/mol. The SMILES string of the molecule is Cc1ccc(S(=O)(=O)NC(=O)O[C@@H](CCc2ccccc2C(C)(C)O)c2cccc(/C=C/c3ccc4ccc(Cl)cc4n3)c2)cc1. The molecule has 0 aliphatic heterocycles. The summed E-state index contributed by atoms with van der Waals surface area (Å²) in [4.78, 5) is 17.7. The van der Waals surface area contributed by atoms with Crippen molar-refractivity contribution >= 4 is 50.8 Å². The van der Waals surface area contributed by atoms with Crippen LogP contribution in [0.2, 0.25) is 5.02 Å². The number of carbonyl (C=O) groups is 1. The first kappa shape index (κ1) is 32.9. The third-order valence-electron chi connectivity index (χ3n) is 7.56. The van der Waals surface area contributed by atoms with Crippen LogP contribution in [0.1, 0.15) is 59.9 Å². The first-order valence-electron chi connectivity index (χ1n) is 14.8. The summed E-state index contributed by atoms with van der Waals surface area (Å²) in [6, 6.07) is 30.7. The number of pyridine rings is 1. The summed E-state index contributed by atoms with van der Waals surface area (Å²) in [5.41, 5.74) is 4.54. The number of hydrogen-bond acceptors (Lipinski definition) is 6. The molecule has 5 rings (SSSR count). The number of rotatable bonds is 10. The van der Waals surface area contributed by atoms with Gasteiger partial charge in [0, 0.05) is 10.4 Å². The quantitative estimate of drug-likeness (QED) is 0.157. The number of carbonyl (C=O) groups excluding carboxylic acids is 1. The van der Waals surface area contributed by atoms with E-state index in [1.165, 1.54) is 12.1 Å². The molecule has 0 bridgehead atoms. The largest absolute Gasteiger partial charge is 0.441 e. The first-order valence-corrected chi connectivity index (χ1v) is 16.7. The molecule has 4 aromatic carbocycles. The van der Waals surface area contributed by atoms with E-state index in [4.69, 9.17) is 16.3 Å². The minimum Gasteiger partial charge on any atom is -0.441 e. The highest BCUT2D eigenvalue weighted by Crippen LogP contribution is 2.30. The van der Waals surface area contributed by atoms with E-state index in [1.54, 1.807) is 26.0 Å². The van der Waals surface area contributed by atoms with Crippen LogP contribution >= 0.6 is 11.6 Å². The van der Waals surface area contributed by atoms with Gasteiger partial charge in [-0.1, -0.05) is 90.0 Å². The number of aromatic nitrogens is 1. The van der Waals surface area contributed by atoms with Gasteiger partial charge in [-0.3, -0.25) is 0 Å². The molecule has 2 N–H and O–H groups in total. The second-order valence-electron chi connectivity index (χ2n) is 11.6. The molecule has 1 atom stereocenters. The van der Waals surface area contributed by atoms with Gasteiger partial charge < -0.3 is 9.84 Å². The molecule has 0 aliphatic carbocycles. The summed E-state index contributed by atoms with van der Waals surface area (Å²) in [5, 5.41) is 12.3. The normalized spacial score (nSPS) is 12.7. The maximum absolute atomic E-state index is 13.1. The predicted molar refractivity (Wildman–Crippen MR) is 183 cm³/mol. The van der Waals surface area contributed by atoms with Crippen LogP contribution < -0.4 is 4.72 Å². The average Bonchev–Trinajstić information content (AvgIpc) is 3.01. The topological polar surface area (TPSA) is 106 Å². The Kier molecular flexibility index (Phi) is 9.91. The average molecular weight is 655 g/mol. The summed E-state index contributed by atoms with van der Waals surface area (Å²) in [6.45, 7) is 5.28. The lowest BCUT2D eigenvalue weighted by atomic mass is 9.90. The lowest BCUT2D eigenvalue weighted by molar-refractivity contribution is 0.0763. The number of benzene rings is 4. The van der Waals surface area contributed by atoms with Crippen LogP contribution in [0.4, 0.5) is 4.79 Å². The summed E-state index contributed by atoms with van der Waals surface area (Å²) in [5.74, 6) is 0. The van der Waals surface area contributed by atoms with Crippen molar-refractivity contribution in [2.24, 2.45) is 0 Å². The zero-order valence-electron chi connectivity index (χ0n) is 25.8. The van der Waals surface area contributed by atoms with Crippen molar-refractivity contribution < 1.29 is 23.1 Å². The Hall–Kier alpha value is -4.50. The van der Waals surface area contributed by atoms with Gasteiger partial charge in [-0.2, -0.15) is 0 Å². The zero-order valence-corrected chi connectivity index (χ0v) is 27.3. The van der Waals surface area contributed by atoms with Gasteiger partial charge in [-0.05, 0) is 98.3 Å². The van der Waals surface area contributed by atoms with Crippen LogP contribution in [-0.4, -0.2) is 24.6 Å². The molecule has 1 amide bonds. The molecule has 236 valence electrons. The van der Waals surface area contributed by atoms with Crippen LogP contribution in [0.25, 0.3) is 23.1 Å². The fraction of sp³-hybridized carbons (Fsp3) is 0.189. The standard InChI is InChI=1S/C37H35ClN2O5S/c1-25-11-20-32(21-12-25)46(43,44)40-36(41)45-35(22-16-27-8-4-5-10-33(27)37(2,3)42)29-9-6-7-26(23-29)13-18-31-19-15-28-14-17-30(38)24-34(28)39-31/h4-15,17-21,23-24,35,42H,16,22H2,1-3H3,(H,40,41)/b18-13+/t35-/m0/s1. The molecule has 0 fully saturated rings. The van der Waals surface area contributed by atoms with Gasteiger partial charge in [-0.25, -0.2) is 22.9 Å². The van der Waals surface area contributed by atoms with E-state index in [1.807, 2.05) is 103 Å². The van der Waals surface area contributed by atoms with Gasteiger partial charge in [0.25, 0.3) is 10.0 Å².